The summed E-state index contributed by atoms with van der Waals surface area (Å²) >= 11 is 5.83. The zero-order valence-electron chi connectivity index (χ0n) is 11.3. The fourth-order valence-corrected chi connectivity index (χ4v) is 2.92. The second-order valence-corrected chi connectivity index (χ2v) is 5.98. The molecule has 0 radical (unpaired) electrons. The van der Waals surface area contributed by atoms with Crippen LogP contribution in [-0.4, -0.2) is 41.4 Å². The second kappa shape index (κ2) is 6.71. The van der Waals surface area contributed by atoms with Gasteiger partial charge >= 0.3 is 0 Å². The maximum absolute atomic E-state index is 10.2. The number of aliphatic hydroxyl groups excluding tert-OH is 2. The molecule has 0 spiro atoms. The lowest BCUT2D eigenvalue weighted by molar-refractivity contribution is 0.0822. The van der Waals surface area contributed by atoms with Crippen molar-refractivity contribution in [1.82, 2.24) is 4.90 Å². The van der Waals surface area contributed by atoms with Crippen LogP contribution in [0.2, 0.25) is 5.02 Å². The first-order chi connectivity index (χ1) is 9.06. The number of nitrogens with zero attached hydrogens (tertiary/aromatic N) is 1. The highest BCUT2D eigenvalue weighted by atomic mass is 35.5. The van der Waals surface area contributed by atoms with Crippen molar-refractivity contribution in [1.29, 1.82) is 0 Å². The standard InChI is InChI=1S/C15H22ClNO2/c1-17(9-12-3-2-4-14(12)18)10-15(19)11-5-7-13(16)8-6-11/h5-8,12,14-15,18-19H,2-4,9-10H2,1H3. The molecular formula is C15H22ClNO2. The summed E-state index contributed by atoms with van der Waals surface area (Å²) in [5.74, 6) is 0.349. The van der Waals surface area contributed by atoms with Gasteiger partial charge in [-0.3, -0.25) is 0 Å². The smallest absolute Gasteiger partial charge is 0.0916 e. The zero-order valence-corrected chi connectivity index (χ0v) is 12.1. The highest BCUT2D eigenvalue weighted by Crippen LogP contribution is 2.26. The van der Waals surface area contributed by atoms with Gasteiger partial charge in [0, 0.05) is 18.1 Å². The van der Waals surface area contributed by atoms with Gasteiger partial charge in [0.2, 0.25) is 0 Å². The van der Waals surface area contributed by atoms with E-state index in [1.165, 1.54) is 0 Å². The average Bonchev–Trinajstić information content (AvgIpc) is 2.75. The van der Waals surface area contributed by atoms with Gasteiger partial charge in [-0.05, 0) is 43.5 Å². The van der Waals surface area contributed by atoms with Gasteiger partial charge in [0.15, 0.2) is 0 Å². The molecule has 1 fully saturated rings. The van der Waals surface area contributed by atoms with E-state index in [1.807, 2.05) is 19.2 Å². The van der Waals surface area contributed by atoms with Crippen LogP contribution in [0.25, 0.3) is 0 Å². The van der Waals surface area contributed by atoms with Crippen molar-refractivity contribution in [3.8, 4) is 0 Å². The minimum absolute atomic E-state index is 0.171. The first-order valence-electron chi connectivity index (χ1n) is 6.86. The van der Waals surface area contributed by atoms with E-state index in [0.29, 0.717) is 17.5 Å². The highest BCUT2D eigenvalue weighted by Gasteiger charge is 2.26. The Morgan fingerprint density at radius 2 is 2.00 bits per heavy atom. The molecule has 1 aliphatic rings. The van der Waals surface area contributed by atoms with E-state index in [0.717, 1.165) is 31.4 Å². The van der Waals surface area contributed by atoms with E-state index in [4.69, 9.17) is 11.6 Å². The Balaban J connectivity index is 1.84. The number of rotatable bonds is 5. The third-order valence-electron chi connectivity index (χ3n) is 3.90. The molecule has 4 heteroatoms. The molecule has 1 aromatic carbocycles. The number of hydrogen-bond donors (Lipinski definition) is 2. The highest BCUT2D eigenvalue weighted by molar-refractivity contribution is 6.30. The average molecular weight is 284 g/mol. The Hall–Kier alpha value is -0.610. The number of aliphatic hydroxyl groups is 2. The first-order valence-corrected chi connectivity index (χ1v) is 7.24. The first kappa shape index (κ1) is 14.8. The molecule has 106 valence electrons. The van der Waals surface area contributed by atoms with E-state index in [9.17, 15) is 10.2 Å². The van der Waals surface area contributed by atoms with Crippen molar-refractivity contribution in [2.45, 2.75) is 31.5 Å². The third kappa shape index (κ3) is 4.18. The molecule has 3 atom stereocenters. The summed E-state index contributed by atoms with van der Waals surface area (Å²) in [5, 5.41) is 20.7. The molecule has 0 aromatic heterocycles. The predicted molar refractivity (Wildman–Crippen MR) is 77.3 cm³/mol. The molecule has 1 saturated carbocycles. The fraction of sp³-hybridized carbons (Fsp3) is 0.600. The molecule has 3 nitrogen and oxygen atoms in total. The summed E-state index contributed by atoms with van der Waals surface area (Å²) in [7, 11) is 1.99. The fourth-order valence-electron chi connectivity index (χ4n) is 2.79. The predicted octanol–water partition coefficient (Wildman–Crippen LogP) is 2.47. The largest absolute Gasteiger partial charge is 0.393 e. The molecule has 0 amide bonds. The number of benzene rings is 1. The van der Waals surface area contributed by atoms with Crippen LogP contribution in [0, 0.1) is 5.92 Å². The van der Waals surface area contributed by atoms with Gasteiger partial charge in [-0.25, -0.2) is 0 Å². The van der Waals surface area contributed by atoms with Gasteiger partial charge in [-0.15, -0.1) is 0 Å². The summed E-state index contributed by atoms with van der Waals surface area (Å²) in [6, 6.07) is 7.29. The minimum atomic E-state index is -0.513. The van der Waals surface area contributed by atoms with Crippen LogP contribution in [-0.2, 0) is 0 Å². The summed E-state index contributed by atoms with van der Waals surface area (Å²) in [6.45, 7) is 1.41. The maximum Gasteiger partial charge on any atom is 0.0916 e. The Kier molecular flexibility index (Phi) is 5.22. The molecular weight excluding hydrogens is 262 g/mol. The Morgan fingerprint density at radius 3 is 2.58 bits per heavy atom. The lowest BCUT2D eigenvalue weighted by Gasteiger charge is -2.25. The number of likely N-dealkylation sites (N-methyl/N-ethyl adjacent to an activating group) is 1. The number of halogens is 1. The molecule has 0 saturated heterocycles. The summed E-state index contributed by atoms with van der Waals surface area (Å²) < 4.78 is 0. The van der Waals surface area contributed by atoms with Crippen LogP contribution >= 0.6 is 11.6 Å². The van der Waals surface area contributed by atoms with Gasteiger partial charge in [0.25, 0.3) is 0 Å². The van der Waals surface area contributed by atoms with Gasteiger partial charge in [0.1, 0.15) is 0 Å². The Morgan fingerprint density at radius 1 is 1.32 bits per heavy atom. The zero-order chi connectivity index (χ0) is 13.8. The van der Waals surface area contributed by atoms with Gasteiger partial charge in [-0.2, -0.15) is 0 Å². The summed E-state index contributed by atoms with van der Waals surface area (Å²) in [5.41, 5.74) is 0.878. The van der Waals surface area contributed by atoms with Crippen molar-refractivity contribution < 1.29 is 10.2 Å². The van der Waals surface area contributed by atoms with E-state index in [1.54, 1.807) is 12.1 Å². The van der Waals surface area contributed by atoms with Crippen LogP contribution in [0.3, 0.4) is 0 Å². The Bertz CT molecular complexity index is 396. The molecule has 2 N–H and O–H groups in total. The van der Waals surface area contributed by atoms with E-state index in [-0.39, 0.29) is 6.10 Å². The van der Waals surface area contributed by atoms with Crippen LogP contribution < -0.4 is 0 Å². The van der Waals surface area contributed by atoms with Crippen LogP contribution in [0.15, 0.2) is 24.3 Å². The number of hydrogen-bond acceptors (Lipinski definition) is 3. The maximum atomic E-state index is 10.2. The summed E-state index contributed by atoms with van der Waals surface area (Å²) in [6.07, 6.45) is 2.43. The second-order valence-electron chi connectivity index (χ2n) is 5.55. The molecule has 1 aliphatic carbocycles. The van der Waals surface area contributed by atoms with Crippen LogP contribution in [0.5, 0.6) is 0 Å². The van der Waals surface area contributed by atoms with Crippen LogP contribution in [0.1, 0.15) is 30.9 Å². The van der Waals surface area contributed by atoms with Crippen molar-refractivity contribution >= 4 is 11.6 Å². The molecule has 1 aromatic rings. The van der Waals surface area contributed by atoms with E-state index < -0.39 is 6.10 Å². The third-order valence-corrected chi connectivity index (χ3v) is 4.16. The molecule has 3 unspecified atom stereocenters. The minimum Gasteiger partial charge on any atom is -0.393 e. The van der Waals surface area contributed by atoms with Crippen molar-refractivity contribution in [3.05, 3.63) is 34.9 Å². The van der Waals surface area contributed by atoms with E-state index >= 15 is 0 Å². The van der Waals surface area contributed by atoms with Crippen molar-refractivity contribution in [2.75, 3.05) is 20.1 Å². The van der Waals surface area contributed by atoms with Crippen molar-refractivity contribution in [3.63, 3.8) is 0 Å². The topological polar surface area (TPSA) is 43.7 Å². The normalized spacial score (nSPS) is 24.9. The van der Waals surface area contributed by atoms with Crippen molar-refractivity contribution in [2.24, 2.45) is 5.92 Å². The van der Waals surface area contributed by atoms with Gasteiger partial charge in [0.05, 0.1) is 12.2 Å². The van der Waals surface area contributed by atoms with Gasteiger partial charge < -0.3 is 15.1 Å². The lowest BCUT2D eigenvalue weighted by Crippen LogP contribution is -2.32. The quantitative estimate of drug-likeness (QED) is 0.872. The van der Waals surface area contributed by atoms with Gasteiger partial charge in [-0.1, -0.05) is 30.2 Å². The molecule has 19 heavy (non-hydrogen) atoms. The molecule has 0 bridgehead atoms. The Labute approximate surface area is 119 Å². The summed E-state index contributed by atoms with van der Waals surface area (Å²) in [4.78, 5) is 2.10. The monoisotopic (exact) mass is 283 g/mol. The SMILES string of the molecule is CN(CC(O)c1ccc(Cl)cc1)CC1CCCC1O. The van der Waals surface area contributed by atoms with Crippen LogP contribution in [0.4, 0.5) is 0 Å². The molecule has 2 rings (SSSR count). The van der Waals surface area contributed by atoms with E-state index in [2.05, 4.69) is 4.90 Å². The lowest BCUT2D eigenvalue weighted by atomic mass is 10.0. The molecule has 0 heterocycles. The molecule has 0 aliphatic heterocycles.